The average Bonchev–Trinajstić information content (AvgIpc) is 2.96. The number of aromatic nitrogens is 5. The first-order chi connectivity index (χ1) is 9.54. The monoisotopic (exact) mass is 334 g/mol. The molecule has 0 aliphatic heterocycles. The van der Waals surface area contributed by atoms with Gasteiger partial charge >= 0.3 is 0 Å². The van der Waals surface area contributed by atoms with Gasteiger partial charge in [0.15, 0.2) is 11.3 Å². The maximum Gasteiger partial charge on any atom is 0.276 e. The van der Waals surface area contributed by atoms with Gasteiger partial charge in [-0.3, -0.25) is 9.48 Å². The Kier molecular flexibility index (Phi) is 3.01. The number of carbonyl (C=O) groups excluding carboxylic acids is 1. The highest BCUT2D eigenvalue weighted by Gasteiger charge is 2.14. The maximum atomic E-state index is 12.2. The molecule has 3 aromatic rings. The van der Waals surface area contributed by atoms with Crippen LogP contribution < -0.4 is 5.32 Å². The fraction of sp³-hybridized carbons (Fsp3) is 0.167. The highest BCUT2D eigenvalue weighted by molar-refractivity contribution is 9.10. The molecule has 0 radical (unpaired) electrons. The molecule has 0 bridgehead atoms. The summed E-state index contributed by atoms with van der Waals surface area (Å²) in [7, 11) is 1.82. The Hall–Kier alpha value is -2.22. The highest BCUT2D eigenvalue weighted by Crippen LogP contribution is 2.15. The van der Waals surface area contributed by atoms with Crippen LogP contribution >= 0.6 is 15.9 Å². The number of halogens is 1. The van der Waals surface area contributed by atoms with E-state index in [4.69, 9.17) is 0 Å². The molecule has 7 nitrogen and oxygen atoms in total. The van der Waals surface area contributed by atoms with Crippen LogP contribution in [0.5, 0.6) is 0 Å². The van der Waals surface area contributed by atoms with Crippen LogP contribution in [-0.4, -0.2) is 30.3 Å². The maximum absolute atomic E-state index is 12.2. The van der Waals surface area contributed by atoms with E-state index in [0.717, 1.165) is 10.2 Å². The summed E-state index contributed by atoms with van der Waals surface area (Å²) in [6, 6.07) is 1.63. The van der Waals surface area contributed by atoms with Gasteiger partial charge in [-0.05, 0) is 22.9 Å². The molecule has 3 aromatic heterocycles. The molecule has 0 aromatic carbocycles. The van der Waals surface area contributed by atoms with Gasteiger partial charge in [-0.2, -0.15) is 10.2 Å². The molecule has 0 atom stereocenters. The van der Waals surface area contributed by atoms with Crippen molar-refractivity contribution in [2.24, 2.45) is 7.05 Å². The molecule has 0 spiro atoms. The van der Waals surface area contributed by atoms with Gasteiger partial charge in [-0.1, -0.05) is 0 Å². The molecule has 3 rings (SSSR count). The van der Waals surface area contributed by atoms with Gasteiger partial charge in [0.25, 0.3) is 5.91 Å². The van der Waals surface area contributed by atoms with E-state index in [-0.39, 0.29) is 5.91 Å². The van der Waals surface area contributed by atoms with Crippen LogP contribution in [-0.2, 0) is 7.05 Å². The van der Waals surface area contributed by atoms with Crippen molar-refractivity contribution in [1.29, 1.82) is 0 Å². The number of aryl methyl sites for hydroxylation is 1. The van der Waals surface area contributed by atoms with E-state index in [2.05, 4.69) is 36.4 Å². The minimum absolute atomic E-state index is 0.289. The molecular weight excluding hydrogens is 324 g/mol. The van der Waals surface area contributed by atoms with Crippen LogP contribution in [0.4, 0.5) is 5.69 Å². The fourth-order valence-electron chi connectivity index (χ4n) is 1.77. The number of amides is 1. The summed E-state index contributed by atoms with van der Waals surface area (Å²) in [6.45, 7) is 1.88. The lowest BCUT2D eigenvalue weighted by Crippen LogP contribution is -2.13. The largest absolute Gasteiger partial charge is 0.318 e. The van der Waals surface area contributed by atoms with Crippen LogP contribution in [0.25, 0.3) is 5.65 Å². The van der Waals surface area contributed by atoms with Crippen molar-refractivity contribution in [2.75, 3.05) is 5.32 Å². The van der Waals surface area contributed by atoms with E-state index < -0.39 is 0 Å². The number of nitrogens with zero attached hydrogens (tertiary/aromatic N) is 5. The predicted octanol–water partition coefficient (Wildman–Crippen LogP) is 1.79. The number of fused-ring (bicyclic) bond motifs is 1. The van der Waals surface area contributed by atoms with E-state index in [1.54, 1.807) is 33.9 Å². The standard InChI is InChI=1S/C12H11BrN6O/c1-7-10(5-15-18(7)2)16-12(20)9-3-11-14-4-8(13)6-19(11)17-9/h3-6H,1-2H3,(H,16,20). The van der Waals surface area contributed by atoms with Crippen molar-refractivity contribution >= 4 is 33.2 Å². The van der Waals surface area contributed by atoms with Gasteiger partial charge < -0.3 is 5.32 Å². The lowest BCUT2D eigenvalue weighted by Gasteiger charge is -2.01. The quantitative estimate of drug-likeness (QED) is 0.775. The molecule has 8 heteroatoms. The number of carbonyl (C=O) groups is 1. The zero-order valence-electron chi connectivity index (χ0n) is 10.8. The molecule has 0 aliphatic carbocycles. The van der Waals surface area contributed by atoms with Crippen molar-refractivity contribution in [3.05, 3.63) is 40.5 Å². The summed E-state index contributed by atoms with van der Waals surface area (Å²) in [5, 5.41) is 11.1. The second kappa shape index (κ2) is 4.71. The average molecular weight is 335 g/mol. The molecule has 0 unspecified atom stereocenters. The normalized spacial score (nSPS) is 10.9. The Morgan fingerprint density at radius 1 is 1.40 bits per heavy atom. The van der Waals surface area contributed by atoms with Gasteiger partial charge in [-0.25, -0.2) is 9.50 Å². The molecule has 1 N–H and O–H groups in total. The number of hydrogen-bond donors (Lipinski definition) is 1. The summed E-state index contributed by atoms with van der Waals surface area (Å²) in [6.07, 6.45) is 5.01. The van der Waals surface area contributed by atoms with Crippen molar-refractivity contribution in [3.8, 4) is 0 Å². The molecule has 20 heavy (non-hydrogen) atoms. The number of rotatable bonds is 2. The molecule has 3 heterocycles. The third-order valence-electron chi connectivity index (χ3n) is 3.00. The summed E-state index contributed by atoms with van der Waals surface area (Å²) in [5.74, 6) is -0.289. The summed E-state index contributed by atoms with van der Waals surface area (Å²) >= 11 is 3.31. The number of hydrogen-bond acceptors (Lipinski definition) is 4. The smallest absolute Gasteiger partial charge is 0.276 e. The SMILES string of the molecule is Cc1c(NC(=O)c2cc3ncc(Br)cn3n2)cnn1C. The minimum atomic E-state index is -0.289. The Bertz CT molecular complexity index is 805. The van der Waals surface area contributed by atoms with E-state index in [1.807, 2.05) is 14.0 Å². The lowest BCUT2D eigenvalue weighted by atomic mass is 10.3. The Morgan fingerprint density at radius 2 is 2.20 bits per heavy atom. The van der Waals surface area contributed by atoms with Gasteiger partial charge in [0.1, 0.15) is 0 Å². The predicted molar refractivity (Wildman–Crippen MR) is 76.6 cm³/mol. The second-order valence-electron chi connectivity index (χ2n) is 4.33. The zero-order valence-corrected chi connectivity index (χ0v) is 12.4. The van der Waals surface area contributed by atoms with Crippen LogP contribution in [0.15, 0.2) is 29.1 Å². The molecule has 0 saturated heterocycles. The first kappa shape index (κ1) is 12.8. The van der Waals surface area contributed by atoms with Crippen LogP contribution in [0, 0.1) is 6.92 Å². The number of nitrogens with one attached hydrogen (secondary N) is 1. The first-order valence-corrected chi connectivity index (χ1v) is 6.65. The van der Waals surface area contributed by atoms with Crippen molar-refractivity contribution in [1.82, 2.24) is 24.4 Å². The van der Waals surface area contributed by atoms with Gasteiger partial charge in [0, 0.05) is 25.5 Å². The Balaban J connectivity index is 1.90. The van der Waals surface area contributed by atoms with Gasteiger partial charge in [-0.15, -0.1) is 0 Å². The molecule has 0 saturated carbocycles. The Labute approximate surface area is 122 Å². The van der Waals surface area contributed by atoms with Crippen LogP contribution in [0.2, 0.25) is 0 Å². The summed E-state index contributed by atoms with van der Waals surface area (Å²) < 4.78 is 4.04. The molecule has 1 amide bonds. The lowest BCUT2D eigenvalue weighted by molar-refractivity contribution is 0.102. The minimum Gasteiger partial charge on any atom is -0.318 e. The third kappa shape index (κ3) is 2.18. The highest BCUT2D eigenvalue weighted by atomic mass is 79.9. The first-order valence-electron chi connectivity index (χ1n) is 5.85. The van der Waals surface area contributed by atoms with Crippen LogP contribution in [0.3, 0.4) is 0 Å². The van der Waals surface area contributed by atoms with Crippen molar-refractivity contribution < 1.29 is 4.79 Å². The molecule has 0 fully saturated rings. The summed E-state index contributed by atoms with van der Waals surface area (Å²) in [4.78, 5) is 16.3. The van der Waals surface area contributed by atoms with E-state index in [1.165, 1.54) is 0 Å². The van der Waals surface area contributed by atoms with E-state index in [0.29, 0.717) is 17.0 Å². The van der Waals surface area contributed by atoms with Crippen molar-refractivity contribution in [3.63, 3.8) is 0 Å². The van der Waals surface area contributed by atoms with E-state index >= 15 is 0 Å². The molecule has 0 aliphatic rings. The zero-order chi connectivity index (χ0) is 14.3. The van der Waals surface area contributed by atoms with Gasteiger partial charge in [0.05, 0.1) is 22.1 Å². The molecule has 102 valence electrons. The fourth-order valence-corrected chi connectivity index (χ4v) is 2.07. The Morgan fingerprint density at radius 3 is 2.90 bits per heavy atom. The van der Waals surface area contributed by atoms with Crippen LogP contribution in [0.1, 0.15) is 16.2 Å². The topological polar surface area (TPSA) is 77.1 Å². The summed E-state index contributed by atoms with van der Waals surface area (Å²) in [5.41, 5.74) is 2.46. The third-order valence-corrected chi connectivity index (χ3v) is 3.41. The number of anilines is 1. The second-order valence-corrected chi connectivity index (χ2v) is 5.24. The van der Waals surface area contributed by atoms with Gasteiger partial charge in [0.2, 0.25) is 0 Å². The molecular formula is C12H11BrN6O. The van der Waals surface area contributed by atoms with E-state index in [9.17, 15) is 4.79 Å². The van der Waals surface area contributed by atoms with Crippen molar-refractivity contribution in [2.45, 2.75) is 6.92 Å².